The van der Waals surface area contributed by atoms with E-state index in [4.69, 9.17) is 16.1 Å². The molecular formula is C13H15ClN4O2. The van der Waals surface area contributed by atoms with Gasteiger partial charge >= 0.3 is 0 Å². The van der Waals surface area contributed by atoms with E-state index in [1.165, 1.54) is 6.20 Å². The number of carbonyl (C=O) groups is 1. The zero-order valence-corrected chi connectivity index (χ0v) is 12.2. The van der Waals surface area contributed by atoms with Gasteiger partial charge in [-0.05, 0) is 19.1 Å². The molecular weight excluding hydrogens is 280 g/mol. The zero-order valence-electron chi connectivity index (χ0n) is 11.4. The van der Waals surface area contributed by atoms with Crippen LogP contribution >= 0.6 is 11.6 Å². The maximum Gasteiger partial charge on any atom is 0.270 e. The van der Waals surface area contributed by atoms with Gasteiger partial charge in [-0.2, -0.15) is 4.98 Å². The van der Waals surface area contributed by atoms with Crippen LogP contribution in [0.2, 0.25) is 5.02 Å². The molecule has 6 nitrogen and oxygen atoms in total. The first kappa shape index (κ1) is 14.5. The summed E-state index contributed by atoms with van der Waals surface area (Å²) in [6.45, 7) is 5.70. The third-order valence-electron chi connectivity index (χ3n) is 2.65. The van der Waals surface area contributed by atoms with Crippen LogP contribution in [0.25, 0.3) is 0 Å². The van der Waals surface area contributed by atoms with Gasteiger partial charge in [0.1, 0.15) is 11.7 Å². The molecule has 0 fully saturated rings. The second-order valence-corrected chi connectivity index (χ2v) is 5.14. The van der Waals surface area contributed by atoms with Crippen LogP contribution in [-0.4, -0.2) is 21.0 Å². The lowest BCUT2D eigenvalue weighted by Gasteiger charge is -2.09. The molecule has 0 saturated heterocycles. The quantitative estimate of drug-likeness (QED) is 0.937. The van der Waals surface area contributed by atoms with Crippen LogP contribution in [0, 0.1) is 0 Å². The molecule has 0 aromatic carbocycles. The Kier molecular flexibility index (Phi) is 4.34. The molecule has 1 N–H and O–H groups in total. The highest BCUT2D eigenvalue weighted by atomic mass is 35.5. The molecule has 0 aliphatic rings. The molecule has 0 aliphatic heterocycles. The van der Waals surface area contributed by atoms with Crippen LogP contribution in [0.15, 0.2) is 22.9 Å². The Labute approximate surface area is 121 Å². The van der Waals surface area contributed by atoms with Crippen LogP contribution in [0.1, 0.15) is 54.9 Å². The van der Waals surface area contributed by atoms with Crippen molar-refractivity contribution in [1.29, 1.82) is 0 Å². The number of amides is 1. The number of hydrogen-bond acceptors (Lipinski definition) is 5. The molecule has 2 rings (SSSR count). The number of aromatic nitrogens is 3. The Morgan fingerprint density at radius 3 is 2.65 bits per heavy atom. The summed E-state index contributed by atoms with van der Waals surface area (Å²) in [5.74, 6) is 0.841. The number of hydrogen-bond donors (Lipinski definition) is 1. The Hall–Kier alpha value is -1.95. The van der Waals surface area contributed by atoms with Gasteiger partial charge in [0.25, 0.3) is 5.91 Å². The predicted molar refractivity (Wildman–Crippen MR) is 73.5 cm³/mol. The molecule has 106 valence electrons. The van der Waals surface area contributed by atoms with Crippen molar-refractivity contribution in [2.45, 2.75) is 32.7 Å². The van der Waals surface area contributed by atoms with E-state index in [1.807, 2.05) is 13.8 Å². The minimum atomic E-state index is -0.389. The Morgan fingerprint density at radius 2 is 2.10 bits per heavy atom. The first-order valence-electron chi connectivity index (χ1n) is 6.23. The van der Waals surface area contributed by atoms with Gasteiger partial charge < -0.3 is 9.84 Å². The van der Waals surface area contributed by atoms with Gasteiger partial charge in [-0.25, -0.2) is 4.98 Å². The smallest absolute Gasteiger partial charge is 0.270 e. The lowest BCUT2D eigenvalue weighted by molar-refractivity contribution is 0.0927. The summed E-state index contributed by atoms with van der Waals surface area (Å²) in [4.78, 5) is 20.2. The van der Waals surface area contributed by atoms with E-state index >= 15 is 0 Å². The predicted octanol–water partition coefficient (Wildman–Crippen LogP) is 2.73. The molecule has 0 saturated carbocycles. The van der Waals surface area contributed by atoms with Crippen LogP contribution in [0.5, 0.6) is 0 Å². The summed E-state index contributed by atoms with van der Waals surface area (Å²) in [7, 11) is 0. The molecule has 2 aromatic heterocycles. The largest absolute Gasteiger partial charge is 0.339 e. The van der Waals surface area contributed by atoms with Gasteiger partial charge in [-0.3, -0.25) is 4.79 Å². The van der Waals surface area contributed by atoms with Crippen molar-refractivity contribution in [3.63, 3.8) is 0 Å². The van der Waals surface area contributed by atoms with Crippen molar-refractivity contribution < 1.29 is 9.32 Å². The van der Waals surface area contributed by atoms with E-state index in [1.54, 1.807) is 19.1 Å². The number of pyridine rings is 1. The van der Waals surface area contributed by atoms with Crippen molar-refractivity contribution in [3.05, 3.63) is 40.8 Å². The number of carbonyl (C=O) groups excluding carboxylic acids is 1. The molecule has 2 aromatic rings. The van der Waals surface area contributed by atoms with Crippen LogP contribution in [0.3, 0.4) is 0 Å². The first-order valence-corrected chi connectivity index (χ1v) is 6.61. The molecule has 1 unspecified atom stereocenters. The highest BCUT2D eigenvalue weighted by Gasteiger charge is 2.19. The molecule has 0 aliphatic carbocycles. The third-order valence-corrected chi connectivity index (χ3v) is 2.88. The van der Waals surface area contributed by atoms with Gasteiger partial charge in [0.15, 0.2) is 5.82 Å². The summed E-state index contributed by atoms with van der Waals surface area (Å²) in [5.41, 5.74) is 0.282. The molecule has 7 heteroatoms. The Morgan fingerprint density at radius 1 is 1.35 bits per heavy atom. The summed E-state index contributed by atoms with van der Waals surface area (Å²) in [6, 6.07) is 2.77. The first-order chi connectivity index (χ1) is 9.47. The number of halogens is 1. The fourth-order valence-electron chi connectivity index (χ4n) is 1.50. The molecule has 0 bridgehead atoms. The number of rotatable bonds is 4. The Bertz CT molecular complexity index is 595. The summed E-state index contributed by atoms with van der Waals surface area (Å²) in [5, 5.41) is 7.08. The molecule has 0 radical (unpaired) electrons. The highest BCUT2D eigenvalue weighted by Crippen LogP contribution is 2.15. The zero-order chi connectivity index (χ0) is 14.7. The minimum absolute atomic E-state index is 0.174. The SMILES string of the molecule is CC(C)c1noc(C(C)NC(=O)c2ccc(Cl)cn2)n1. The second-order valence-electron chi connectivity index (χ2n) is 4.70. The van der Waals surface area contributed by atoms with E-state index in [9.17, 15) is 4.79 Å². The molecule has 0 spiro atoms. The topological polar surface area (TPSA) is 80.9 Å². The number of nitrogens with one attached hydrogen (secondary N) is 1. The molecule has 1 atom stereocenters. The van der Waals surface area contributed by atoms with E-state index < -0.39 is 0 Å². The van der Waals surface area contributed by atoms with Crippen molar-refractivity contribution in [1.82, 2.24) is 20.4 Å². The lowest BCUT2D eigenvalue weighted by atomic mass is 10.2. The van der Waals surface area contributed by atoms with Gasteiger partial charge in [0.05, 0.1) is 5.02 Å². The standard InChI is InChI=1S/C13H15ClN4O2/c1-7(2)11-17-13(20-18-11)8(3)16-12(19)10-5-4-9(14)6-15-10/h4-8H,1-3H3,(H,16,19). The van der Waals surface area contributed by atoms with Gasteiger partial charge in [0.2, 0.25) is 5.89 Å². The van der Waals surface area contributed by atoms with Crippen molar-refractivity contribution in [2.24, 2.45) is 0 Å². The maximum absolute atomic E-state index is 12.0. The van der Waals surface area contributed by atoms with Crippen LogP contribution in [-0.2, 0) is 0 Å². The third kappa shape index (κ3) is 3.33. The molecule has 1 amide bonds. The highest BCUT2D eigenvalue weighted by molar-refractivity contribution is 6.30. The monoisotopic (exact) mass is 294 g/mol. The van der Waals surface area contributed by atoms with E-state index in [-0.39, 0.29) is 23.6 Å². The van der Waals surface area contributed by atoms with E-state index in [2.05, 4.69) is 20.4 Å². The van der Waals surface area contributed by atoms with Crippen molar-refractivity contribution >= 4 is 17.5 Å². The summed E-state index contributed by atoms with van der Waals surface area (Å²) >= 11 is 5.72. The Balaban J connectivity index is 2.04. The second kappa shape index (κ2) is 6.00. The van der Waals surface area contributed by atoms with Gasteiger partial charge in [-0.1, -0.05) is 30.6 Å². The lowest BCUT2D eigenvalue weighted by Crippen LogP contribution is -2.27. The maximum atomic E-state index is 12.0. The molecule has 2 heterocycles. The van der Waals surface area contributed by atoms with E-state index in [0.717, 1.165) is 0 Å². The summed E-state index contributed by atoms with van der Waals surface area (Å²) < 4.78 is 5.13. The fourth-order valence-corrected chi connectivity index (χ4v) is 1.61. The van der Waals surface area contributed by atoms with Gasteiger partial charge in [0, 0.05) is 12.1 Å². The fraction of sp³-hybridized carbons (Fsp3) is 0.385. The molecule has 20 heavy (non-hydrogen) atoms. The average Bonchev–Trinajstić information content (AvgIpc) is 2.89. The van der Waals surface area contributed by atoms with Crippen LogP contribution in [0.4, 0.5) is 0 Å². The van der Waals surface area contributed by atoms with E-state index in [0.29, 0.717) is 16.7 Å². The van der Waals surface area contributed by atoms with Crippen molar-refractivity contribution in [2.75, 3.05) is 0 Å². The summed E-state index contributed by atoms with van der Waals surface area (Å²) in [6.07, 6.45) is 1.42. The number of nitrogens with zero attached hydrogens (tertiary/aromatic N) is 3. The van der Waals surface area contributed by atoms with Crippen molar-refractivity contribution in [3.8, 4) is 0 Å². The minimum Gasteiger partial charge on any atom is -0.339 e. The average molecular weight is 295 g/mol. The normalized spacial score (nSPS) is 12.4. The van der Waals surface area contributed by atoms with Crippen LogP contribution < -0.4 is 5.32 Å². The van der Waals surface area contributed by atoms with Gasteiger partial charge in [-0.15, -0.1) is 0 Å².